The Morgan fingerprint density at radius 2 is 2.11 bits per heavy atom. The Kier molecular flexibility index (Phi) is 3.61. The summed E-state index contributed by atoms with van der Waals surface area (Å²) in [6, 6.07) is 5.76. The molecule has 1 saturated heterocycles. The van der Waals surface area contributed by atoms with Gasteiger partial charge in [0, 0.05) is 24.7 Å². The number of Topliss-reactive ketones (excluding diaryl/α,β-unsaturated/α-hetero) is 1. The minimum atomic E-state index is 0.196. The lowest BCUT2D eigenvalue weighted by Crippen LogP contribution is -2.36. The molecule has 18 heavy (non-hydrogen) atoms. The molecular formula is C14H17N3O. The van der Waals surface area contributed by atoms with Gasteiger partial charge in [0.25, 0.3) is 0 Å². The maximum atomic E-state index is 11.3. The lowest BCUT2D eigenvalue weighted by atomic mass is 9.93. The molecule has 0 unspecified atom stereocenters. The Labute approximate surface area is 107 Å². The zero-order chi connectivity index (χ0) is 13.1. The van der Waals surface area contributed by atoms with Crippen molar-refractivity contribution in [3.8, 4) is 6.07 Å². The SMILES string of the molecule is CC(=O)C1CCN(c2cc(C#N)cc(C)n2)CC1. The fourth-order valence-electron chi connectivity index (χ4n) is 2.39. The Hall–Kier alpha value is -1.89. The molecule has 0 aliphatic carbocycles. The van der Waals surface area contributed by atoms with Crippen LogP contribution in [-0.2, 0) is 4.79 Å². The third kappa shape index (κ3) is 2.67. The second kappa shape index (κ2) is 5.18. The minimum absolute atomic E-state index is 0.196. The van der Waals surface area contributed by atoms with Crippen LogP contribution in [0, 0.1) is 24.2 Å². The summed E-state index contributed by atoms with van der Waals surface area (Å²) in [5, 5.41) is 8.96. The fourth-order valence-corrected chi connectivity index (χ4v) is 2.39. The van der Waals surface area contributed by atoms with Crippen molar-refractivity contribution in [2.45, 2.75) is 26.7 Å². The normalized spacial score (nSPS) is 16.4. The predicted octanol–water partition coefficient (Wildman–Crippen LogP) is 2.07. The number of carbonyl (C=O) groups is 1. The molecule has 1 aromatic rings. The molecule has 0 bridgehead atoms. The lowest BCUT2D eigenvalue weighted by molar-refractivity contribution is -0.121. The zero-order valence-electron chi connectivity index (χ0n) is 10.8. The van der Waals surface area contributed by atoms with E-state index in [-0.39, 0.29) is 11.7 Å². The Bertz CT molecular complexity index is 496. The van der Waals surface area contributed by atoms with Crippen molar-refractivity contribution in [2.24, 2.45) is 5.92 Å². The van der Waals surface area contributed by atoms with Crippen molar-refractivity contribution in [2.75, 3.05) is 18.0 Å². The summed E-state index contributed by atoms with van der Waals surface area (Å²) in [5.74, 6) is 1.33. The number of ketones is 1. The smallest absolute Gasteiger partial charge is 0.133 e. The lowest BCUT2D eigenvalue weighted by Gasteiger charge is -2.31. The van der Waals surface area contributed by atoms with Crippen molar-refractivity contribution >= 4 is 11.6 Å². The van der Waals surface area contributed by atoms with E-state index in [0.717, 1.165) is 37.4 Å². The van der Waals surface area contributed by atoms with E-state index in [2.05, 4.69) is 16.0 Å². The van der Waals surface area contributed by atoms with Crippen LogP contribution in [0.3, 0.4) is 0 Å². The molecule has 0 spiro atoms. The zero-order valence-corrected chi connectivity index (χ0v) is 10.8. The van der Waals surface area contributed by atoms with E-state index in [4.69, 9.17) is 5.26 Å². The Morgan fingerprint density at radius 3 is 2.67 bits per heavy atom. The maximum absolute atomic E-state index is 11.3. The van der Waals surface area contributed by atoms with E-state index in [9.17, 15) is 4.79 Å². The van der Waals surface area contributed by atoms with Crippen LogP contribution in [0.1, 0.15) is 31.0 Å². The number of hydrogen-bond donors (Lipinski definition) is 0. The number of rotatable bonds is 2. The van der Waals surface area contributed by atoms with Gasteiger partial charge in [-0.2, -0.15) is 5.26 Å². The van der Waals surface area contributed by atoms with Crippen LogP contribution in [0.2, 0.25) is 0 Å². The number of carbonyl (C=O) groups excluding carboxylic acids is 1. The van der Waals surface area contributed by atoms with Gasteiger partial charge in [0.1, 0.15) is 11.6 Å². The molecule has 1 fully saturated rings. The molecule has 0 N–H and O–H groups in total. The summed E-state index contributed by atoms with van der Waals surface area (Å²) in [6.45, 7) is 5.24. The van der Waals surface area contributed by atoms with Crippen LogP contribution in [0.4, 0.5) is 5.82 Å². The first-order chi connectivity index (χ1) is 8.60. The van der Waals surface area contributed by atoms with Crippen LogP contribution >= 0.6 is 0 Å². The number of pyridine rings is 1. The molecule has 0 amide bonds. The summed E-state index contributed by atoms with van der Waals surface area (Å²) in [6.07, 6.45) is 1.76. The second-order valence-corrected chi connectivity index (χ2v) is 4.84. The highest BCUT2D eigenvalue weighted by atomic mass is 16.1. The van der Waals surface area contributed by atoms with Gasteiger partial charge in [0.15, 0.2) is 0 Å². The number of nitriles is 1. The third-order valence-electron chi connectivity index (χ3n) is 3.46. The molecule has 1 aromatic heterocycles. The topological polar surface area (TPSA) is 57.0 Å². The van der Waals surface area contributed by atoms with Gasteiger partial charge >= 0.3 is 0 Å². The summed E-state index contributed by atoms with van der Waals surface area (Å²) in [4.78, 5) is 17.9. The Morgan fingerprint density at radius 1 is 1.44 bits per heavy atom. The maximum Gasteiger partial charge on any atom is 0.133 e. The average molecular weight is 243 g/mol. The molecule has 0 atom stereocenters. The number of hydrogen-bond acceptors (Lipinski definition) is 4. The first-order valence-electron chi connectivity index (χ1n) is 6.24. The molecule has 4 heteroatoms. The van der Waals surface area contributed by atoms with E-state index in [1.165, 1.54) is 0 Å². The summed E-state index contributed by atoms with van der Waals surface area (Å²) in [5.41, 5.74) is 1.50. The number of aryl methyl sites for hydroxylation is 1. The molecular weight excluding hydrogens is 226 g/mol. The van der Waals surface area contributed by atoms with Crippen molar-refractivity contribution in [1.82, 2.24) is 4.98 Å². The van der Waals surface area contributed by atoms with Crippen LogP contribution in [0.5, 0.6) is 0 Å². The van der Waals surface area contributed by atoms with E-state index >= 15 is 0 Å². The van der Waals surface area contributed by atoms with Gasteiger partial charge in [-0.15, -0.1) is 0 Å². The van der Waals surface area contributed by atoms with Gasteiger partial charge in [-0.3, -0.25) is 4.79 Å². The molecule has 94 valence electrons. The molecule has 1 aliphatic rings. The quantitative estimate of drug-likeness (QED) is 0.797. The molecule has 0 saturated carbocycles. The highest BCUT2D eigenvalue weighted by Crippen LogP contribution is 2.23. The minimum Gasteiger partial charge on any atom is -0.357 e. The Balaban J connectivity index is 2.12. The summed E-state index contributed by atoms with van der Waals surface area (Å²) in [7, 11) is 0. The average Bonchev–Trinajstić information content (AvgIpc) is 2.38. The number of aromatic nitrogens is 1. The van der Waals surface area contributed by atoms with Gasteiger partial charge in [0.2, 0.25) is 0 Å². The number of nitrogens with zero attached hydrogens (tertiary/aromatic N) is 3. The van der Waals surface area contributed by atoms with E-state index in [1.807, 2.05) is 13.0 Å². The monoisotopic (exact) mass is 243 g/mol. The highest BCUT2D eigenvalue weighted by molar-refractivity contribution is 5.78. The summed E-state index contributed by atoms with van der Waals surface area (Å²) < 4.78 is 0. The molecule has 2 rings (SSSR count). The first kappa shape index (κ1) is 12.6. The largest absolute Gasteiger partial charge is 0.357 e. The summed E-state index contributed by atoms with van der Waals surface area (Å²) >= 11 is 0. The van der Waals surface area contributed by atoms with Crippen LogP contribution in [0.15, 0.2) is 12.1 Å². The van der Waals surface area contributed by atoms with Crippen molar-refractivity contribution in [3.63, 3.8) is 0 Å². The van der Waals surface area contributed by atoms with Crippen molar-refractivity contribution in [1.29, 1.82) is 5.26 Å². The van der Waals surface area contributed by atoms with Gasteiger partial charge in [-0.25, -0.2) is 4.98 Å². The van der Waals surface area contributed by atoms with E-state index < -0.39 is 0 Å². The van der Waals surface area contributed by atoms with Gasteiger partial charge in [-0.05, 0) is 38.8 Å². The van der Waals surface area contributed by atoms with Gasteiger partial charge < -0.3 is 4.90 Å². The molecule has 1 aliphatic heterocycles. The van der Waals surface area contributed by atoms with Gasteiger partial charge in [0.05, 0.1) is 11.6 Å². The van der Waals surface area contributed by atoms with Crippen molar-refractivity contribution < 1.29 is 4.79 Å². The predicted molar refractivity (Wildman–Crippen MR) is 69.3 cm³/mol. The fraction of sp³-hybridized carbons (Fsp3) is 0.500. The number of piperidine rings is 1. The molecule has 2 heterocycles. The van der Waals surface area contributed by atoms with E-state index in [1.54, 1.807) is 13.0 Å². The standard InChI is InChI=1S/C14H17N3O/c1-10-7-12(9-15)8-14(16-10)17-5-3-13(4-6-17)11(2)18/h7-8,13H,3-6H2,1-2H3. The van der Waals surface area contributed by atoms with E-state index in [0.29, 0.717) is 5.56 Å². The van der Waals surface area contributed by atoms with Crippen LogP contribution in [-0.4, -0.2) is 23.9 Å². The second-order valence-electron chi connectivity index (χ2n) is 4.84. The highest BCUT2D eigenvalue weighted by Gasteiger charge is 2.23. The molecule has 0 aromatic carbocycles. The van der Waals surface area contributed by atoms with Gasteiger partial charge in [-0.1, -0.05) is 0 Å². The van der Waals surface area contributed by atoms with Crippen LogP contribution < -0.4 is 4.90 Å². The molecule has 0 radical (unpaired) electrons. The molecule has 4 nitrogen and oxygen atoms in total. The first-order valence-corrected chi connectivity index (χ1v) is 6.24. The van der Waals surface area contributed by atoms with Crippen molar-refractivity contribution in [3.05, 3.63) is 23.4 Å². The number of anilines is 1. The third-order valence-corrected chi connectivity index (χ3v) is 3.46. The van der Waals surface area contributed by atoms with Crippen LogP contribution in [0.25, 0.3) is 0 Å².